The summed E-state index contributed by atoms with van der Waals surface area (Å²) in [6, 6.07) is 24.4. The number of nitro benzene ring substituents is 1. The minimum atomic E-state index is -4.20. The third-order valence-corrected chi connectivity index (χ3v) is 7.27. The van der Waals surface area contributed by atoms with E-state index >= 15 is 0 Å². The Morgan fingerprint density at radius 2 is 1.48 bits per heavy atom. The molecule has 5 aromatic rings. The molecule has 11 nitrogen and oxygen atoms in total. The summed E-state index contributed by atoms with van der Waals surface area (Å²) in [5, 5.41) is 15.8. The van der Waals surface area contributed by atoms with Crippen molar-refractivity contribution >= 4 is 49.7 Å². The van der Waals surface area contributed by atoms with Crippen LogP contribution in [0.3, 0.4) is 0 Å². The number of non-ortho nitro benzene ring substituents is 1. The zero-order valence-electron chi connectivity index (χ0n) is 20.6. The Morgan fingerprint density at radius 1 is 0.900 bits per heavy atom. The molecule has 12 heteroatoms. The van der Waals surface area contributed by atoms with Crippen molar-refractivity contribution in [2.45, 2.75) is 11.4 Å². The number of fused-ring (bicyclic) bond motifs is 2. The minimum Gasteiger partial charge on any atom is -0.379 e. The van der Waals surface area contributed by atoms with Crippen molar-refractivity contribution in [2.75, 3.05) is 0 Å². The number of pyridine rings is 1. The van der Waals surface area contributed by atoms with Gasteiger partial charge in [-0.05, 0) is 66.2 Å². The van der Waals surface area contributed by atoms with Crippen LogP contribution in [0.1, 0.15) is 5.56 Å². The summed E-state index contributed by atoms with van der Waals surface area (Å²) in [6.45, 7) is -0.0775. The van der Waals surface area contributed by atoms with Crippen molar-refractivity contribution in [1.29, 1.82) is 0 Å². The molecule has 4 aromatic carbocycles. The highest BCUT2D eigenvalue weighted by Crippen LogP contribution is 2.22. The van der Waals surface area contributed by atoms with Gasteiger partial charge in [-0.1, -0.05) is 24.3 Å². The number of nitro groups is 1. The number of hydrogen-bond donors (Lipinski definition) is 1. The van der Waals surface area contributed by atoms with Gasteiger partial charge >= 0.3 is 10.1 Å². The largest absolute Gasteiger partial charge is 0.379 e. The molecule has 1 N–H and O–H groups in total. The molecule has 0 fully saturated rings. The number of hydrazone groups is 1. The van der Waals surface area contributed by atoms with Crippen molar-refractivity contribution in [3.63, 3.8) is 0 Å². The van der Waals surface area contributed by atoms with E-state index in [9.17, 15) is 28.1 Å². The third kappa shape index (κ3) is 5.42. The molecular formula is C28H20N4O7S. The molecule has 5 rings (SSSR count). The molecule has 0 saturated heterocycles. The molecule has 0 aliphatic rings. The first-order valence-electron chi connectivity index (χ1n) is 11.8. The van der Waals surface area contributed by atoms with Gasteiger partial charge in [-0.15, -0.1) is 0 Å². The predicted octanol–water partition coefficient (Wildman–Crippen LogP) is 3.98. The molecule has 1 aromatic heterocycles. The van der Waals surface area contributed by atoms with E-state index in [-0.39, 0.29) is 28.3 Å². The maximum absolute atomic E-state index is 12.9. The van der Waals surface area contributed by atoms with Gasteiger partial charge in [0, 0.05) is 22.9 Å². The quantitative estimate of drug-likeness (QED) is 0.0998. The summed E-state index contributed by atoms with van der Waals surface area (Å²) >= 11 is 0. The van der Waals surface area contributed by atoms with Crippen LogP contribution in [0.15, 0.2) is 112 Å². The molecule has 0 spiro atoms. The fourth-order valence-electron chi connectivity index (χ4n) is 4.12. The highest BCUT2D eigenvalue weighted by atomic mass is 32.2. The van der Waals surface area contributed by atoms with E-state index in [1.54, 1.807) is 65.2 Å². The first kappa shape index (κ1) is 26.3. The van der Waals surface area contributed by atoms with Crippen LogP contribution in [-0.4, -0.2) is 30.0 Å². The maximum Gasteiger partial charge on any atom is 0.339 e. The standard InChI is InChI=1S/C28H20N4O7S/c33-27(18-31-25-7-3-1-5-23(25)28(34)24-6-2-4-8-26(24)31)30-29-17-19-9-13-21(14-10-19)39-40(37,38)22-15-11-20(12-16-22)32(35)36/h1-17H,18H2,(H,30,33)/b29-17-. The first-order chi connectivity index (χ1) is 19.2. The number of amides is 1. The van der Waals surface area contributed by atoms with E-state index in [1.165, 1.54) is 18.3 Å². The molecule has 1 heterocycles. The van der Waals surface area contributed by atoms with Gasteiger partial charge in [0.2, 0.25) is 0 Å². The van der Waals surface area contributed by atoms with Crippen molar-refractivity contribution in [2.24, 2.45) is 5.10 Å². The molecule has 0 atom stereocenters. The maximum atomic E-state index is 12.9. The fourth-order valence-corrected chi connectivity index (χ4v) is 5.05. The molecule has 40 heavy (non-hydrogen) atoms. The number of aromatic nitrogens is 1. The van der Waals surface area contributed by atoms with Crippen LogP contribution in [-0.2, 0) is 21.5 Å². The van der Waals surface area contributed by atoms with Gasteiger partial charge in [0.25, 0.3) is 11.6 Å². The summed E-state index contributed by atoms with van der Waals surface area (Å²) in [5.41, 5.74) is 3.94. The second-order valence-electron chi connectivity index (χ2n) is 8.60. The number of para-hydroxylation sites is 2. The Bertz CT molecular complexity index is 1890. The monoisotopic (exact) mass is 556 g/mol. The molecule has 0 aliphatic carbocycles. The van der Waals surface area contributed by atoms with Gasteiger partial charge in [-0.2, -0.15) is 13.5 Å². The molecule has 0 unspecified atom stereocenters. The van der Waals surface area contributed by atoms with Crippen molar-refractivity contribution in [3.05, 3.63) is 123 Å². The lowest BCUT2D eigenvalue weighted by Crippen LogP contribution is -2.25. The van der Waals surface area contributed by atoms with Crippen LogP contribution in [0.5, 0.6) is 5.75 Å². The Kier molecular flexibility index (Phi) is 7.08. The van der Waals surface area contributed by atoms with E-state index < -0.39 is 20.9 Å². The van der Waals surface area contributed by atoms with Gasteiger partial charge in [0.1, 0.15) is 17.2 Å². The molecule has 0 bridgehead atoms. The number of carbonyl (C=O) groups is 1. The molecule has 200 valence electrons. The van der Waals surface area contributed by atoms with Crippen molar-refractivity contribution in [1.82, 2.24) is 9.99 Å². The first-order valence-corrected chi connectivity index (χ1v) is 13.2. The zero-order chi connectivity index (χ0) is 28.3. The highest BCUT2D eigenvalue weighted by Gasteiger charge is 2.18. The number of hydrogen-bond acceptors (Lipinski definition) is 8. The highest BCUT2D eigenvalue weighted by molar-refractivity contribution is 7.87. The third-order valence-electron chi connectivity index (χ3n) is 6.01. The molecule has 1 amide bonds. The Morgan fingerprint density at radius 3 is 2.05 bits per heavy atom. The van der Waals surface area contributed by atoms with E-state index in [2.05, 4.69) is 10.5 Å². The number of nitrogens with zero attached hydrogens (tertiary/aromatic N) is 3. The van der Waals surface area contributed by atoms with Crippen LogP contribution in [0.25, 0.3) is 21.8 Å². The summed E-state index contributed by atoms with van der Waals surface area (Å²) in [5.74, 6) is -0.388. The average molecular weight is 557 g/mol. The van der Waals surface area contributed by atoms with Gasteiger partial charge in [0.05, 0.1) is 22.2 Å². The number of carbonyl (C=O) groups excluding carboxylic acids is 1. The van der Waals surface area contributed by atoms with Gasteiger partial charge < -0.3 is 8.75 Å². The van der Waals surface area contributed by atoms with Crippen molar-refractivity contribution < 1.29 is 22.3 Å². The minimum absolute atomic E-state index is 0.0246. The average Bonchev–Trinajstić information content (AvgIpc) is 2.96. The Balaban J connectivity index is 1.26. The molecule has 0 saturated carbocycles. The normalized spacial score (nSPS) is 11.6. The molecule has 0 radical (unpaired) electrons. The van der Waals surface area contributed by atoms with Crippen LogP contribution < -0.4 is 15.0 Å². The topological polar surface area (TPSA) is 150 Å². The smallest absolute Gasteiger partial charge is 0.339 e. The zero-order valence-corrected chi connectivity index (χ0v) is 21.4. The van der Waals surface area contributed by atoms with Crippen molar-refractivity contribution in [3.8, 4) is 5.75 Å². The van der Waals surface area contributed by atoms with E-state index in [0.29, 0.717) is 27.4 Å². The van der Waals surface area contributed by atoms with Crippen LogP contribution in [0.2, 0.25) is 0 Å². The van der Waals surface area contributed by atoms with Gasteiger partial charge in [-0.25, -0.2) is 5.43 Å². The summed E-state index contributed by atoms with van der Waals surface area (Å²) < 4.78 is 31.8. The second-order valence-corrected chi connectivity index (χ2v) is 10.1. The molecular weight excluding hydrogens is 536 g/mol. The number of nitrogens with one attached hydrogen (secondary N) is 1. The molecule has 0 aliphatic heterocycles. The lowest BCUT2D eigenvalue weighted by atomic mass is 10.1. The van der Waals surface area contributed by atoms with E-state index in [1.807, 2.05) is 0 Å². The SMILES string of the molecule is O=C(Cn1c2ccccc2c(=O)c2ccccc21)N/N=C\c1ccc(OS(=O)(=O)c2ccc([N+](=O)[O-])cc2)cc1. The summed E-state index contributed by atoms with van der Waals surface area (Å²) in [7, 11) is -4.20. The Labute approximate surface area is 227 Å². The van der Waals surface area contributed by atoms with Gasteiger partial charge in [0.15, 0.2) is 5.43 Å². The van der Waals surface area contributed by atoms with Crippen LogP contribution in [0, 0.1) is 10.1 Å². The number of rotatable bonds is 8. The summed E-state index contributed by atoms with van der Waals surface area (Å²) in [6.07, 6.45) is 1.38. The lowest BCUT2D eigenvalue weighted by molar-refractivity contribution is -0.384. The van der Waals surface area contributed by atoms with E-state index in [0.717, 1.165) is 24.3 Å². The second kappa shape index (κ2) is 10.8. The van der Waals surface area contributed by atoms with Gasteiger partial charge in [-0.3, -0.25) is 19.7 Å². The van der Waals surface area contributed by atoms with Crippen LogP contribution >= 0.6 is 0 Å². The predicted molar refractivity (Wildman–Crippen MR) is 149 cm³/mol. The summed E-state index contributed by atoms with van der Waals surface area (Å²) in [4.78, 5) is 35.5. The number of benzene rings is 4. The lowest BCUT2D eigenvalue weighted by Gasteiger charge is -2.14. The Hall–Kier alpha value is -5.36. The van der Waals surface area contributed by atoms with Crippen LogP contribution in [0.4, 0.5) is 5.69 Å². The van der Waals surface area contributed by atoms with E-state index in [4.69, 9.17) is 4.18 Å². The fraction of sp³-hybridized carbons (Fsp3) is 0.0357.